The maximum absolute atomic E-state index is 12.9. The molecule has 20 heavy (non-hydrogen) atoms. The predicted molar refractivity (Wildman–Crippen MR) is 69.2 cm³/mol. The van der Waals surface area contributed by atoms with Gasteiger partial charge in [0, 0.05) is 12.6 Å². The zero-order valence-corrected chi connectivity index (χ0v) is 11.4. The van der Waals surface area contributed by atoms with Crippen LogP contribution < -0.4 is 0 Å². The highest BCUT2D eigenvalue weighted by atomic mass is 19.4. The first-order valence-electron chi connectivity index (χ1n) is 6.36. The number of carbonyl (C=O) groups is 1. The molecule has 0 spiro atoms. The average Bonchev–Trinajstić information content (AvgIpc) is 2.34. The molecule has 0 saturated carbocycles. The van der Waals surface area contributed by atoms with E-state index in [4.69, 9.17) is 5.11 Å². The molecule has 112 valence electrons. The first kappa shape index (κ1) is 16.5. The summed E-state index contributed by atoms with van der Waals surface area (Å²) in [7, 11) is 0. The molecule has 6 heteroatoms. The van der Waals surface area contributed by atoms with Crippen molar-refractivity contribution < 1.29 is 23.1 Å². The van der Waals surface area contributed by atoms with Gasteiger partial charge in [0.25, 0.3) is 0 Å². The predicted octanol–water partition coefficient (Wildman–Crippen LogP) is 3.39. The molecule has 0 fully saturated rings. The van der Waals surface area contributed by atoms with E-state index in [0.717, 1.165) is 6.07 Å². The molecular formula is C14H18F3NO2. The summed E-state index contributed by atoms with van der Waals surface area (Å²) in [6.07, 6.45) is -4.49. The van der Waals surface area contributed by atoms with Gasteiger partial charge < -0.3 is 5.11 Å². The maximum atomic E-state index is 12.9. The van der Waals surface area contributed by atoms with Gasteiger partial charge >= 0.3 is 12.1 Å². The van der Waals surface area contributed by atoms with Crippen LogP contribution >= 0.6 is 0 Å². The monoisotopic (exact) mass is 289 g/mol. The molecule has 0 aliphatic heterocycles. The Morgan fingerprint density at radius 2 is 1.95 bits per heavy atom. The van der Waals surface area contributed by atoms with E-state index in [0.29, 0.717) is 6.54 Å². The lowest BCUT2D eigenvalue weighted by atomic mass is 10.1. The van der Waals surface area contributed by atoms with Crippen molar-refractivity contribution in [2.75, 3.05) is 6.54 Å². The lowest BCUT2D eigenvalue weighted by Crippen LogP contribution is -2.34. The molecule has 0 amide bonds. The van der Waals surface area contributed by atoms with Gasteiger partial charge in [-0.2, -0.15) is 13.2 Å². The van der Waals surface area contributed by atoms with Crippen LogP contribution in [0.1, 0.15) is 31.4 Å². The lowest BCUT2D eigenvalue weighted by Gasteiger charge is -2.28. The van der Waals surface area contributed by atoms with E-state index in [1.165, 1.54) is 12.1 Å². The number of nitrogens with zero attached hydrogens (tertiary/aromatic N) is 1. The minimum Gasteiger partial charge on any atom is -0.481 e. The summed E-state index contributed by atoms with van der Waals surface area (Å²) in [5, 5.41) is 8.77. The Labute approximate surface area is 116 Å². The Balaban J connectivity index is 2.93. The van der Waals surface area contributed by atoms with Gasteiger partial charge in [-0.25, -0.2) is 0 Å². The molecule has 0 aromatic heterocycles. The molecular weight excluding hydrogens is 271 g/mol. The summed E-state index contributed by atoms with van der Waals surface area (Å²) >= 11 is 0. The molecule has 0 aliphatic carbocycles. The number of carboxylic acids is 1. The SMILES string of the molecule is CCN(Cc1ccccc1C(F)(F)F)C(C)CC(=O)O. The van der Waals surface area contributed by atoms with Gasteiger partial charge in [-0.3, -0.25) is 9.69 Å². The molecule has 1 aromatic rings. The van der Waals surface area contributed by atoms with Crippen LogP contribution in [0, 0.1) is 0 Å². The van der Waals surface area contributed by atoms with Crippen LogP contribution in [0.3, 0.4) is 0 Å². The van der Waals surface area contributed by atoms with E-state index in [-0.39, 0.29) is 24.6 Å². The van der Waals surface area contributed by atoms with Gasteiger partial charge in [-0.05, 0) is 25.1 Å². The van der Waals surface area contributed by atoms with Crippen LogP contribution in [0.5, 0.6) is 0 Å². The van der Waals surface area contributed by atoms with Gasteiger partial charge in [0.15, 0.2) is 0 Å². The zero-order chi connectivity index (χ0) is 15.3. The summed E-state index contributed by atoms with van der Waals surface area (Å²) in [5.41, 5.74) is -0.500. The maximum Gasteiger partial charge on any atom is 0.416 e. The van der Waals surface area contributed by atoms with Crippen LogP contribution in [0.2, 0.25) is 0 Å². The van der Waals surface area contributed by atoms with E-state index in [1.807, 2.05) is 0 Å². The quantitative estimate of drug-likeness (QED) is 0.872. The summed E-state index contributed by atoms with van der Waals surface area (Å²) in [6, 6.07) is 5.06. The third kappa shape index (κ3) is 4.52. The fraction of sp³-hybridized carbons (Fsp3) is 0.500. The average molecular weight is 289 g/mol. The van der Waals surface area contributed by atoms with E-state index >= 15 is 0 Å². The Kier molecular flexibility index (Phi) is 5.56. The normalized spacial score (nSPS) is 13.5. The molecule has 0 radical (unpaired) electrons. The number of aliphatic carboxylic acids is 1. The summed E-state index contributed by atoms with van der Waals surface area (Å²) in [6.45, 7) is 4.07. The van der Waals surface area contributed by atoms with E-state index < -0.39 is 17.7 Å². The van der Waals surface area contributed by atoms with Crippen LogP contribution in [-0.4, -0.2) is 28.6 Å². The van der Waals surface area contributed by atoms with Gasteiger partial charge in [0.05, 0.1) is 12.0 Å². The molecule has 1 rings (SSSR count). The second-order valence-corrected chi connectivity index (χ2v) is 4.66. The lowest BCUT2D eigenvalue weighted by molar-refractivity contribution is -0.140. The van der Waals surface area contributed by atoms with E-state index in [1.54, 1.807) is 24.8 Å². The van der Waals surface area contributed by atoms with Crippen molar-refractivity contribution in [1.82, 2.24) is 4.90 Å². The Morgan fingerprint density at radius 1 is 1.35 bits per heavy atom. The molecule has 0 heterocycles. The molecule has 1 atom stereocenters. The van der Waals surface area contributed by atoms with Gasteiger partial charge in [0.1, 0.15) is 0 Å². The molecule has 1 aromatic carbocycles. The second kappa shape index (κ2) is 6.74. The Bertz CT molecular complexity index is 460. The van der Waals surface area contributed by atoms with Gasteiger partial charge in [0.2, 0.25) is 0 Å². The smallest absolute Gasteiger partial charge is 0.416 e. The highest BCUT2D eigenvalue weighted by Gasteiger charge is 2.33. The number of rotatable bonds is 6. The molecule has 1 N–H and O–H groups in total. The minimum atomic E-state index is -4.40. The van der Waals surface area contributed by atoms with Crippen LogP contribution in [-0.2, 0) is 17.5 Å². The van der Waals surface area contributed by atoms with Crippen molar-refractivity contribution in [2.24, 2.45) is 0 Å². The zero-order valence-electron chi connectivity index (χ0n) is 11.4. The molecule has 3 nitrogen and oxygen atoms in total. The summed E-state index contributed by atoms with van der Waals surface area (Å²) in [5.74, 6) is -0.958. The largest absolute Gasteiger partial charge is 0.481 e. The third-order valence-corrected chi connectivity index (χ3v) is 3.20. The van der Waals surface area contributed by atoms with E-state index in [2.05, 4.69) is 0 Å². The molecule has 0 bridgehead atoms. The highest BCUT2D eigenvalue weighted by molar-refractivity contribution is 5.67. The standard InChI is InChI=1S/C14H18F3NO2/c1-3-18(10(2)8-13(19)20)9-11-6-4-5-7-12(11)14(15,16)17/h4-7,10H,3,8-9H2,1-2H3,(H,19,20). The second-order valence-electron chi connectivity index (χ2n) is 4.66. The van der Waals surface area contributed by atoms with Gasteiger partial charge in [-0.1, -0.05) is 25.1 Å². The van der Waals surface area contributed by atoms with Crippen LogP contribution in [0.15, 0.2) is 24.3 Å². The number of halogens is 3. The van der Waals surface area contributed by atoms with Crippen molar-refractivity contribution in [3.8, 4) is 0 Å². The van der Waals surface area contributed by atoms with Crippen LogP contribution in [0.4, 0.5) is 13.2 Å². The Hall–Kier alpha value is -1.56. The fourth-order valence-corrected chi connectivity index (χ4v) is 2.11. The molecule has 1 unspecified atom stereocenters. The van der Waals surface area contributed by atoms with Crippen molar-refractivity contribution in [1.29, 1.82) is 0 Å². The van der Waals surface area contributed by atoms with Gasteiger partial charge in [-0.15, -0.1) is 0 Å². The van der Waals surface area contributed by atoms with E-state index in [9.17, 15) is 18.0 Å². The number of benzene rings is 1. The number of carboxylic acid groups (broad SMARTS) is 1. The van der Waals surface area contributed by atoms with Crippen molar-refractivity contribution in [3.63, 3.8) is 0 Å². The van der Waals surface area contributed by atoms with Crippen molar-refractivity contribution >= 4 is 5.97 Å². The van der Waals surface area contributed by atoms with Crippen LogP contribution in [0.25, 0.3) is 0 Å². The summed E-state index contributed by atoms with van der Waals surface area (Å²) < 4.78 is 38.7. The number of hydrogen-bond donors (Lipinski definition) is 1. The first-order valence-corrected chi connectivity index (χ1v) is 6.36. The number of hydrogen-bond acceptors (Lipinski definition) is 2. The summed E-state index contributed by atoms with van der Waals surface area (Å²) in [4.78, 5) is 12.4. The molecule has 0 aliphatic rings. The number of alkyl halides is 3. The fourth-order valence-electron chi connectivity index (χ4n) is 2.11. The first-order chi connectivity index (χ1) is 9.25. The molecule has 0 saturated heterocycles. The van der Waals surface area contributed by atoms with Crippen molar-refractivity contribution in [2.45, 2.75) is 39.0 Å². The highest BCUT2D eigenvalue weighted by Crippen LogP contribution is 2.32. The van der Waals surface area contributed by atoms with Crippen molar-refractivity contribution in [3.05, 3.63) is 35.4 Å². The third-order valence-electron chi connectivity index (χ3n) is 3.20. The Morgan fingerprint density at radius 3 is 2.45 bits per heavy atom. The topological polar surface area (TPSA) is 40.5 Å². The minimum absolute atomic E-state index is 0.0840.